The van der Waals surface area contributed by atoms with Gasteiger partial charge in [-0.05, 0) is 32.8 Å². The Morgan fingerprint density at radius 2 is 1.77 bits per heavy atom. The number of aliphatic hydroxyl groups is 1. The summed E-state index contributed by atoms with van der Waals surface area (Å²) in [5, 5.41) is 16.0. The molecule has 30 heavy (non-hydrogen) atoms. The summed E-state index contributed by atoms with van der Waals surface area (Å²) < 4.78 is 5.22. The molecule has 0 fully saturated rings. The van der Waals surface area contributed by atoms with Crippen LogP contribution in [0.1, 0.15) is 71.8 Å². The molecule has 0 saturated heterocycles. The molecular formula is C24H38N2O4. The number of alkyl carbamates (subject to hydrolysis) is 1. The first-order valence-corrected chi connectivity index (χ1v) is 10.9. The van der Waals surface area contributed by atoms with E-state index >= 15 is 0 Å². The van der Waals surface area contributed by atoms with Gasteiger partial charge >= 0.3 is 6.09 Å². The lowest BCUT2D eigenvalue weighted by atomic mass is 9.96. The average Bonchev–Trinajstić information content (AvgIpc) is 2.69. The summed E-state index contributed by atoms with van der Waals surface area (Å²) in [6.07, 6.45) is 8.55. The molecule has 0 heterocycles. The quantitative estimate of drug-likeness (QED) is 0.326. The maximum atomic E-state index is 12.5. The largest absolute Gasteiger partial charge is 0.445 e. The van der Waals surface area contributed by atoms with Crippen molar-refractivity contribution >= 4 is 12.0 Å². The summed E-state index contributed by atoms with van der Waals surface area (Å²) in [7, 11) is 0. The average molecular weight is 419 g/mol. The van der Waals surface area contributed by atoms with Crippen LogP contribution in [0.25, 0.3) is 0 Å². The predicted molar refractivity (Wildman–Crippen MR) is 120 cm³/mol. The molecule has 6 heteroatoms. The van der Waals surface area contributed by atoms with E-state index in [1.807, 2.05) is 44.2 Å². The SMILES string of the molecule is CCCCCCCC(C)(O)/C=C/[C@H](NC(=O)OCc1ccccc1)C(=O)NC(C)C. The Labute approximate surface area is 181 Å². The van der Waals surface area contributed by atoms with Crippen molar-refractivity contribution in [2.24, 2.45) is 0 Å². The van der Waals surface area contributed by atoms with Crippen molar-refractivity contribution in [1.82, 2.24) is 10.6 Å². The van der Waals surface area contributed by atoms with Crippen molar-refractivity contribution in [1.29, 1.82) is 0 Å². The number of unbranched alkanes of at least 4 members (excludes halogenated alkanes) is 4. The number of carbonyl (C=O) groups is 2. The highest BCUT2D eigenvalue weighted by Crippen LogP contribution is 2.17. The van der Waals surface area contributed by atoms with Crippen LogP contribution in [0.4, 0.5) is 4.79 Å². The molecular weight excluding hydrogens is 380 g/mol. The molecule has 0 bridgehead atoms. The van der Waals surface area contributed by atoms with Gasteiger partial charge in [0.25, 0.3) is 0 Å². The molecule has 1 rings (SSSR count). The molecule has 0 aliphatic carbocycles. The number of benzene rings is 1. The molecule has 1 aromatic carbocycles. The summed E-state index contributed by atoms with van der Waals surface area (Å²) in [4.78, 5) is 24.7. The van der Waals surface area contributed by atoms with Crippen molar-refractivity contribution in [2.75, 3.05) is 0 Å². The van der Waals surface area contributed by atoms with Gasteiger partial charge in [-0.15, -0.1) is 0 Å². The minimum Gasteiger partial charge on any atom is -0.445 e. The fourth-order valence-electron chi connectivity index (χ4n) is 2.94. The monoisotopic (exact) mass is 418 g/mol. The number of nitrogens with one attached hydrogen (secondary N) is 2. The highest BCUT2D eigenvalue weighted by atomic mass is 16.5. The Morgan fingerprint density at radius 3 is 2.40 bits per heavy atom. The predicted octanol–water partition coefficient (Wildman–Crippen LogP) is 4.47. The normalized spacial score (nSPS) is 14.3. The molecule has 6 nitrogen and oxygen atoms in total. The number of hydrogen-bond acceptors (Lipinski definition) is 4. The van der Waals surface area contributed by atoms with E-state index < -0.39 is 17.7 Å². The minimum atomic E-state index is -1.04. The van der Waals surface area contributed by atoms with Crippen molar-refractivity contribution in [3.63, 3.8) is 0 Å². The van der Waals surface area contributed by atoms with Crippen molar-refractivity contribution < 1.29 is 19.4 Å². The second-order valence-corrected chi connectivity index (χ2v) is 8.23. The van der Waals surface area contributed by atoms with Crippen molar-refractivity contribution in [2.45, 2.75) is 90.5 Å². The summed E-state index contributed by atoms with van der Waals surface area (Å²) >= 11 is 0. The molecule has 1 aromatic rings. The third kappa shape index (κ3) is 11.6. The molecule has 0 radical (unpaired) electrons. The van der Waals surface area contributed by atoms with E-state index in [0.717, 1.165) is 24.8 Å². The molecule has 2 atom stereocenters. The van der Waals surface area contributed by atoms with Crippen LogP contribution in [0.3, 0.4) is 0 Å². The molecule has 168 valence electrons. The molecule has 1 unspecified atom stereocenters. The number of carbonyl (C=O) groups excluding carboxylic acids is 2. The second kappa shape index (κ2) is 13.8. The number of ether oxygens (including phenoxy) is 1. The van der Waals surface area contributed by atoms with E-state index in [1.54, 1.807) is 13.0 Å². The van der Waals surface area contributed by atoms with Crippen molar-refractivity contribution in [3.8, 4) is 0 Å². The van der Waals surface area contributed by atoms with Gasteiger partial charge in [0.1, 0.15) is 12.6 Å². The smallest absolute Gasteiger partial charge is 0.408 e. The van der Waals surface area contributed by atoms with E-state index in [1.165, 1.54) is 18.9 Å². The Balaban J connectivity index is 2.66. The number of rotatable bonds is 13. The van der Waals surface area contributed by atoms with Gasteiger partial charge in [-0.1, -0.05) is 81.5 Å². The van der Waals surface area contributed by atoms with Gasteiger partial charge in [-0.25, -0.2) is 4.79 Å². The van der Waals surface area contributed by atoms with Crippen molar-refractivity contribution in [3.05, 3.63) is 48.0 Å². The summed E-state index contributed by atoms with van der Waals surface area (Å²) in [5.74, 6) is -0.350. The van der Waals surface area contributed by atoms with E-state index in [9.17, 15) is 14.7 Å². The van der Waals surface area contributed by atoms with Gasteiger partial charge < -0.3 is 20.5 Å². The standard InChI is InChI=1S/C24H38N2O4/c1-5-6-7-8-12-16-24(4,29)17-15-21(22(27)25-19(2)3)26-23(28)30-18-20-13-10-9-11-14-20/h9-11,13-15,17,19,21,29H,5-8,12,16,18H2,1-4H3,(H,25,27)(H,26,28)/b17-15+/t21-,24?/m0/s1. The van der Waals surface area contributed by atoms with E-state index in [0.29, 0.717) is 6.42 Å². The fraction of sp³-hybridized carbons (Fsp3) is 0.583. The maximum absolute atomic E-state index is 12.5. The van der Waals surface area contributed by atoms with Crippen LogP contribution in [-0.2, 0) is 16.1 Å². The summed E-state index contributed by atoms with van der Waals surface area (Å²) in [6, 6.07) is 8.32. The first kappa shape index (κ1) is 25.7. The Morgan fingerprint density at radius 1 is 1.10 bits per heavy atom. The molecule has 0 aliphatic heterocycles. The van der Waals surface area contributed by atoms with Gasteiger partial charge in [-0.3, -0.25) is 4.79 Å². The zero-order valence-corrected chi connectivity index (χ0v) is 18.8. The molecule has 2 amide bonds. The van der Waals surface area contributed by atoms with Crippen LogP contribution < -0.4 is 10.6 Å². The van der Waals surface area contributed by atoms with Gasteiger partial charge in [0, 0.05) is 6.04 Å². The first-order chi connectivity index (χ1) is 14.2. The van der Waals surface area contributed by atoms with Crippen LogP contribution in [0, 0.1) is 0 Å². The number of hydrogen-bond donors (Lipinski definition) is 3. The summed E-state index contributed by atoms with van der Waals surface area (Å²) in [5.41, 5.74) is -0.185. The van der Waals surface area contributed by atoms with Gasteiger partial charge in [0.15, 0.2) is 0 Å². The van der Waals surface area contributed by atoms with Crippen LogP contribution in [-0.4, -0.2) is 34.8 Å². The summed E-state index contributed by atoms with van der Waals surface area (Å²) in [6.45, 7) is 7.69. The molecule has 0 aliphatic rings. The lowest BCUT2D eigenvalue weighted by Gasteiger charge is -2.21. The van der Waals surface area contributed by atoms with Gasteiger partial charge in [0.2, 0.25) is 5.91 Å². The highest BCUT2D eigenvalue weighted by Gasteiger charge is 2.22. The van der Waals surface area contributed by atoms with E-state index in [4.69, 9.17) is 4.74 Å². The highest BCUT2D eigenvalue weighted by molar-refractivity contribution is 5.87. The van der Waals surface area contributed by atoms with Crippen LogP contribution in [0.2, 0.25) is 0 Å². The lowest BCUT2D eigenvalue weighted by Crippen LogP contribution is -2.47. The van der Waals surface area contributed by atoms with Gasteiger partial charge in [-0.2, -0.15) is 0 Å². The number of amides is 2. The molecule has 0 aromatic heterocycles. The maximum Gasteiger partial charge on any atom is 0.408 e. The first-order valence-electron chi connectivity index (χ1n) is 10.9. The lowest BCUT2D eigenvalue weighted by molar-refractivity contribution is -0.122. The van der Waals surface area contributed by atoms with Crippen LogP contribution in [0.15, 0.2) is 42.5 Å². The van der Waals surface area contributed by atoms with Crippen LogP contribution >= 0.6 is 0 Å². The zero-order valence-electron chi connectivity index (χ0n) is 18.8. The minimum absolute atomic E-state index is 0.0744. The Kier molecular flexibility index (Phi) is 11.8. The third-order valence-electron chi connectivity index (χ3n) is 4.63. The second-order valence-electron chi connectivity index (χ2n) is 8.23. The van der Waals surface area contributed by atoms with E-state index in [-0.39, 0.29) is 18.6 Å². The molecule has 0 saturated carbocycles. The zero-order chi connectivity index (χ0) is 22.4. The van der Waals surface area contributed by atoms with Gasteiger partial charge in [0.05, 0.1) is 5.60 Å². The Bertz CT molecular complexity index is 656. The molecule has 0 spiro atoms. The topological polar surface area (TPSA) is 87.7 Å². The third-order valence-corrected chi connectivity index (χ3v) is 4.63. The fourth-order valence-corrected chi connectivity index (χ4v) is 2.94. The Hall–Kier alpha value is -2.34. The van der Waals surface area contributed by atoms with E-state index in [2.05, 4.69) is 17.6 Å². The molecule has 3 N–H and O–H groups in total. The van der Waals surface area contributed by atoms with Crippen LogP contribution in [0.5, 0.6) is 0 Å².